The van der Waals surface area contributed by atoms with Gasteiger partial charge in [-0.3, -0.25) is 19.3 Å². The molecular weight excluding hydrogens is 390 g/mol. The summed E-state index contributed by atoms with van der Waals surface area (Å²) in [7, 11) is 0. The van der Waals surface area contributed by atoms with E-state index in [0.717, 1.165) is 67.7 Å². The first-order valence-corrected chi connectivity index (χ1v) is 11.1. The number of carbonyl (C=O) groups excluding carboxylic acids is 3. The average molecular weight is 418 g/mol. The highest BCUT2D eigenvalue weighted by molar-refractivity contribution is 5.99. The predicted molar refractivity (Wildman–Crippen MR) is 117 cm³/mol. The van der Waals surface area contributed by atoms with E-state index in [1.54, 1.807) is 4.90 Å². The number of Topliss-reactive ketones (excluding diaryl/α,β-unsaturated/α-hetero) is 1. The van der Waals surface area contributed by atoms with Crippen LogP contribution in [0.1, 0.15) is 56.3 Å². The maximum absolute atomic E-state index is 13.0. The third kappa shape index (κ3) is 3.76. The van der Waals surface area contributed by atoms with Gasteiger partial charge in [0, 0.05) is 56.8 Å². The normalized spacial score (nSPS) is 20.6. The third-order valence-corrected chi connectivity index (χ3v) is 6.95. The number of aryl methyl sites for hydroxylation is 1. The fourth-order valence-corrected chi connectivity index (χ4v) is 5.10. The summed E-state index contributed by atoms with van der Waals surface area (Å²) >= 11 is 0. The number of benzene rings is 2. The van der Waals surface area contributed by atoms with Gasteiger partial charge in [-0.25, -0.2) is 0 Å². The topological polar surface area (TPSA) is 60.9 Å². The minimum Gasteiger partial charge on any atom is -0.343 e. The number of ketones is 1. The van der Waals surface area contributed by atoms with Gasteiger partial charge in [0.15, 0.2) is 5.78 Å². The highest BCUT2D eigenvalue weighted by Gasteiger charge is 2.37. The molecule has 6 nitrogen and oxygen atoms in total. The molecule has 0 saturated carbocycles. The van der Waals surface area contributed by atoms with Gasteiger partial charge in [-0.2, -0.15) is 0 Å². The van der Waals surface area contributed by atoms with Crippen molar-refractivity contribution < 1.29 is 14.4 Å². The van der Waals surface area contributed by atoms with Crippen molar-refractivity contribution in [3.63, 3.8) is 0 Å². The number of piperazine rings is 1. The molecule has 3 heterocycles. The Kier molecular flexibility index (Phi) is 5.32. The lowest BCUT2D eigenvalue weighted by molar-refractivity contribution is -0.119. The monoisotopic (exact) mass is 417 g/mol. The van der Waals surface area contributed by atoms with Crippen molar-refractivity contribution in [2.24, 2.45) is 0 Å². The Morgan fingerprint density at radius 3 is 2.65 bits per heavy atom. The van der Waals surface area contributed by atoms with Gasteiger partial charge in [0.25, 0.3) is 5.91 Å². The Bertz CT molecular complexity index is 1030. The summed E-state index contributed by atoms with van der Waals surface area (Å²) in [5, 5.41) is 0. The summed E-state index contributed by atoms with van der Waals surface area (Å²) in [6.45, 7) is 4.35. The summed E-state index contributed by atoms with van der Waals surface area (Å²) in [5.74, 6) is 0.233. The van der Waals surface area contributed by atoms with Crippen molar-refractivity contribution in [1.29, 1.82) is 0 Å². The Morgan fingerprint density at radius 1 is 1.03 bits per heavy atom. The lowest BCUT2D eigenvalue weighted by Gasteiger charge is -2.32. The fraction of sp³-hybridized carbons (Fsp3) is 0.400. The molecule has 0 spiro atoms. The van der Waals surface area contributed by atoms with E-state index in [0.29, 0.717) is 19.5 Å². The van der Waals surface area contributed by atoms with E-state index in [1.165, 1.54) is 5.56 Å². The van der Waals surface area contributed by atoms with Crippen LogP contribution in [0.4, 0.5) is 0 Å². The first-order chi connectivity index (χ1) is 15.1. The van der Waals surface area contributed by atoms with Crippen LogP contribution in [0.15, 0.2) is 42.5 Å². The molecular formula is C25H27N3O3. The molecule has 2 aromatic carbocycles. The van der Waals surface area contributed by atoms with Crippen molar-refractivity contribution in [3.05, 3.63) is 70.3 Å². The average Bonchev–Trinajstić information content (AvgIpc) is 2.96. The molecule has 5 rings (SSSR count). The minimum absolute atomic E-state index is 0.0969. The third-order valence-electron chi connectivity index (χ3n) is 6.95. The van der Waals surface area contributed by atoms with Gasteiger partial charge in [0.1, 0.15) is 0 Å². The first-order valence-electron chi connectivity index (χ1n) is 11.1. The van der Waals surface area contributed by atoms with Crippen LogP contribution < -0.4 is 0 Å². The molecule has 6 heteroatoms. The zero-order valence-corrected chi connectivity index (χ0v) is 17.6. The Labute approximate surface area is 182 Å². The van der Waals surface area contributed by atoms with Crippen LogP contribution in [0.25, 0.3) is 0 Å². The van der Waals surface area contributed by atoms with Crippen LogP contribution >= 0.6 is 0 Å². The first kappa shape index (κ1) is 19.9. The zero-order valence-electron chi connectivity index (χ0n) is 17.6. The number of rotatable bonds is 5. The molecule has 0 N–H and O–H groups in total. The molecule has 3 aliphatic heterocycles. The molecule has 31 heavy (non-hydrogen) atoms. The number of fused-ring (bicyclic) bond motifs is 4. The number of hydrogen-bond acceptors (Lipinski definition) is 4. The number of carbonyl (C=O) groups is 3. The second-order valence-corrected chi connectivity index (χ2v) is 8.71. The van der Waals surface area contributed by atoms with E-state index in [1.807, 2.05) is 35.2 Å². The smallest absolute Gasteiger partial charge is 0.255 e. The van der Waals surface area contributed by atoms with Gasteiger partial charge in [-0.1, -0.05) is 30.3 Å². The van der Waals surface area contributed by atoms with Gasteiger partial charge >= 0.3 is 0 Å². The second kappa shape index (κ2) is 8.27. The van der Waals surface area contributed by atoms with E-state index in [2.05, 4.69) is 17.0 Å². The van der Waals surface area contributed by atoms with Crippen LogP contribution in [0.2, 0.25) is 0 Å². The molecule has 1 atom stereocenters. The van der Waals surface area contributed by atoms with E-state index in [-0.39, 0.29) is 17.7 Å². The molecule has 3 aliphatic rings. The van der Waals surface area contributed by atoms with Crippen LogP contribution in [-0.4, -0.2) is 65.5 Å². The molecule has 160 valence electrons. The molecule has 2 aromatic rings. The summed E-state index contributed by atoms with van der Waals surface area (Å²) in [6.07, 6.45) is 3.19. The Balaban J connectivity index is 1.27. The van der Waals surface area contributed by atoms with Crippen molar-refractivity contribution >= 4 is 18.1 Å². The van der Waals surface area contributed by atoms with Crippen LogP contribution in [0.3, 0.4) is 0 Å². The lowest BCUT2D eigenvalue weighted by Crippen LogP contribution is -2.46. The largest absolute Gasteiger partial charge is 0.343 e. The molecule has 0 bridgehead atoms. The van der Waals surface area contributed by atoms with Crippen molar-refractivity contribution in [2.75, 3.05) is 32.7 Å². The molecule has 2 amide bonds. The lowest BCUT2D eigenvalue weighted by atomic mass is 9.96. The summed E-state index contributed by atoms with van der Waals surface area (Å²) in [4.78, 5) is 42.7. The van der Waals surface area contributed by atoms with E-state index >= 15 is 0 Å². The van der Waals surface area contributed by atoms with Gasteiger partial charge in [-0.15, -0.1) is 0 Å². The molecule has 1 saturated heterocycles. The van der Waals surface area contributed by atoms with E-state index in [9.17, 15) is 14.4 Å². The molecule has 0 aromatic heterocycles. The van der Waals surface area contributed by atoms with Crippen LogP contribution in [0, 0.1) is 0 Å². The van der Waals surface area contributed by atoms with E-state index < -0.39 is 0 Å². The molecule has 1 fully saturated rings. The second-order valence-electron chi connectivity index (χ2n) is 8.71. The fourth-order valence-electron chi connectivity index (χ4n) is 5.10. The maximum atomic E-state index is 13.0. The zero-order chi connectivity index (χ0) is 21.4. The van der Waals surface area contributed by atoms with Crippen LogP contribution in [0.5, 0.6) is 0 Å². The Morgan fingerprint density at radius 2 is 1.84 bits per heavy atom. The molecule has 0 radical (unpaired) electrons. The predicted octanol–water partition coefficient (Wildman–Crippen LogP) is 2.68. The van der Waals surface area contributed by atoms with E-state index in [4.69, 9.17) is 0 Å². The summed E-state index contributed by atoms with van der Waals surface area (Å²) < 4.78 is 0. The molecule has 1 unspecified atom stereocenters. The van der Waals surface area contributed by atoms with Crippen molar-refractivity contribution in [2.45, 2.75) is 31.8 Å². The SMILES string of the molecule is O=CN1CCN(CCC(=O)c2ccc3c(c2)CN2C(=O)c4ccccc4C2CC3)CC1. The van der Waals surface area contributed by atoms with Gasteiger partial charge < -0.3 is 9.80 Å². The maximum Gasteiger partial charge on any atom is 0.255 e. The standard InChI is InChI=1S/C25H27N3O3/c29-17-27-13-11-26(12-14-27)10-9-24(30)19-6-5-18-7-8-23-21-3-1-2-4-22(21)25(31)28(23)16-20(18)15-19/h1-6,15,17,23H,7-14,16H2. The minimum atomic E-state index is 0.0969. The van der Waals surface area contributed by atoms with Crippen molar-refractivity contribution in [1.82, 2.24) is 14.7 Å². The number of hydrogen-bond donors (Lipinski definition) is 0. The van der Waals surface area contributed by atoms with Gasteiger partial charge in [0.05, 0.1) is 6.04 Å². The number of amides is 2. The highest BCUT2D eigenvalue weighted by Crippen LogP contribution is 2.40. The van der Waals surface area contributed by atoms with Crippen LogP contribution in [-0.2, 0) is 17.8 Å². The van der Waals surface area contributed by atoms with Gasteiger partial charge in [-0.05, 0) is 41.7 Å². The number of nitrogens with zero attached hydrogens (tertiary/aromatic N) is 3. The quantitative estimate of drug-likeness (QED) is 0.554. The highest BCUT2D eigenvalue weighted by atomic mass is 16.2. The summed E-state index contributed by atoms with van der Waals surface area (Å²) in [5.41, 5.74) is 5.01. The Hall–Kier alpha value is -2.99. The van der Waals surface area contributed by atoms with Crippen molar-refractivity contribution in [3.8, 4) is 0 Å². The van der Waals surface area contributed by atoms with Gasteiger partial charge in [0.2, 0.25) is 6.41 Å². The molecule has 0 aliphatic carbocycles. The summed E-state index contributed by atoms with van der Waals surface area (Å²) in [6, 6.07) is 14.1.